The highest BCUT2D eigenvalue weighted by Gasteiger charge is 2.41. The van der Waals surface area contributed by atoms with E-state index in [1.807, 2.05) is 11.3 Å². The molecule has 1 fully saturated rings. The number of sulfonamides is 1. The van der Waals surface area contributed by atoms with Crippen LogP contribution in [0.4, 0.5) is 0 Å². The molecule has 3 rings (SSSR count). The summed E-state index contributed by atoms with van der Waals surface area (Å²) in [5.41, 5.74) is 1.39. The summed E-state index contributed by atoms with van der Waals surface area (Å²) < 4.78 is 31.1. The van der Waals surface area contributed by atoms with Gasteiger partial charge in [0.15, 0.2) is 0 Å². The molecule has 2 aliphatic rings. The quantitative estimate of drug-likeness (QED) is 0.807. The van der Waals surface area contributed by atoms with E-state index in [0.29, 0.717) is 6.42 Å². The van der Waals surface area contributed by atoms with Crippen LogP contribution in [0.25, 0.3) is 0 Å². The van der Waals surface area contributed by atoms with Crippen molar-refractivity contribution < 1.29 is 13.2 Å². The summed E-state index contributed by atoms with van der Waals surface area (Å²) in [6, 6.07) is 2.24. The number of likely N-dealkylation sites (tertiary alicyclic amines) is 1. The Morgan fingerprint density at radius 3 is 2.78 bits per heavy atom. The molecule has 0 unspecified atom stereocenters. The Hall–Kier alpha value is -0.470. The molecule has 5 nitrogen and oxygen atoms in total. The van der Waals surface area contributed by atoms with Gasteiger partial charge in [-0.05, 0) is 49.2 Å². The predicted molar refractivity (Wildman–Crippen MR) is 93.4 cm³/mol. The molecule has 1 aromatic rings. The number of hydrogen-bond acceptors (Lipinski definition) is 5. The number of piperidine rings is 1. The molecule has 2 aliphatic heterocycles. The fourth-order valence-corrected chi connectivity index (χ4v) is 5.54. The van der Waals surface area contributed by atoms with E-state index in [4.69, 9.17) is 4.74 Å². The number of nitrogens with zero attached hydrogens (tertiary/aromatic N) is 2. The topological polar surface area (TPSA) is 49.9 Å². The van der Waals surface area contributed by atoms with E-state index in [1.54, 1.807) is 14.1 Å². The Morgan fingerprint density at radius 1 is 1.35 bits per heavy atom. The molecule has 0 atom stereocenters. The molecule has 0 N–H and O–H groups in total. The number of rotatable bonds is 5. The monoisotopic (exact) mass is 358 g/mol. The molecule has 0 bridgehead atoms. The summed E-state index contributed by atoms with van der Waals surface area (Å²) in [5, 5.41) is 2.18. The summed E-state index contributed by atoms with van der Waals surface area (Å²) >= 11 is 1.83. The lowest BCUT2D eigenvalue weighted by atomic mass is 9.85. The van der Waals surface area contributed by atoms with Crippen molar-refractivity contribution in [1.82, 2.24) is 9.21 Å². The Morgan fingerprint density at radius 2 is 2.09 bits per heavy atom. The van der Waals surface area contributed by atoms with Gasteiger partial charge >= 0.3 is 0 Å². The zero-order valence-corrected chi connectivity index (χ0v) is 15.6. The van der Waals surface area contributed by atoms with Crippen molar-refractivity contribution >= 4 is 21.4 Å². The number of ether oxygens (including phenoxy) is 1. The normalized spacial score (nSPS) is 21.7. The second-order valence-corrected chi connectivity index (χ2v) is 9.88. The van der Waals surface area contributed by atoms with Gasteiger partial charge in [0.05, 0.1) is 12.4 Å². The molecule has 0 amide bonds. The lowest BCUT2D eigenvalue weighted by molar-refractivity contribution is -0.0949. The van der Waals surface area contributed by atoms with Crippen molar-refractivity contribution in [3.63, 3.8) is 0 Å². The van der Waals surface area contributed by atoms with Crippen molar-refractivity contribution in [2.24, 2.45) is 0 Å². The van der Waals surface area contributed by atoms with Crippen LogP contribution in [-0.4, -0.2) is 63.7 Å². The average Bonchev–Trinajstić information content (AvgIpc) is 2.99. The Kier molecular flexibility index (Phi) is 5.13. The largest absolute Gasteiger partial charge is 0.369 e. The van der Waals surface area contributed by atoms with Gasteiger partial charge in [-0.15, -0.1) is 11.3 Å². The third-order valence-corrected chi connectivity index (χ3v) is 8.07. The van der Waals surface area contributed by atoms with Crippen LogP contribution in [0.2, 0.25) is 0 Å². The van der Waals surface area contributed by atoms with Gasteiger partial charge in [0, 0.05) is 32.1 Å². The predicted octanol–water partition coefficient (Wildman–Crippen LogP) is 1.89. The summed E-state index contributed by atoms with van der Waals surface area (Å²) in [6.07, 6.45) is 3.76. The van der Waals surface area contributed by atoms with Crippen molar-refractivity contribution in [2.45, 2.75) is 31.3 Å². The molecule has 0 radical (unpaired) electrons. The molecule has 0 aliphatic carbocycles. The smallest absolute Gasteiger partial charge is 0.213 e. The van der Waals surface area contributed by atoms with E-state index in [0.717, 1.165) is 45.5 Å². The second-order valence-electron chi connectivity index (χ2n) is 6.66. The fourth-order valence-electron chi connectivity index (χ4n) is 3.52. The van der Waals surface area contributed by atoms with Crippen LogP contribution in [0.15, 0.2) is 11.4 Å². The van der Waals surface area contributed by atoms with Gasteiger partial charge in [0.2, 0.25) is 10.0 Å². The molecule has 0 saturated carbocycles. The van der Waals surface area contributed by atoms with Crippen LogP contribution in [0.5, 0.6) is 0 Å². The number of thiophene rings is 1. The first-order chi connectivity index (χ1) is 10.9. The van der Waals surface area contributed by atoms with Gasteiger partial charge in [-0.25, -0.2) is 12.7 Å². The molecule has 1 saturated heterocycles. The van der Waals surface area contributed by atoms with Crippen molar-refractivity contribution in [3.05, 3.63) is 21.9 Å². The minimum atomic E-state index is -3.07. The zero-order chi connectivity index (χ0) is 16.5. The lowest BCUT2D eigenvalue weighted by Gasteiger charge is -2.43. The van der Waals surface area contributed by atoms with E-state index in [1.165, 1.54) is 14.7 Å². The minimum Gasteiger partial charge on any atom is -0.369 e. The van der Waals surface area contributed by atoms with Gasteiger partial charge < -0.3 is 9.64 Å². The molecule has 7 heteroatoms. The maximum atomic E-state index is 11.8. The van der Waals surface area contributed by atoms with Crippen LogP contribution in [0, 0.1) is 0 Å². The van der Waals surface area contributed by atoms with E-state index in [2.05, 4.69) is 16.3 Å². The fraction of sp³-hybridized carbons (Fsp3) is 0.750. The van der Waals surface area contributed by atoms with Gasteiger partial charge in [-0.3, -0.25) is 0 Å². The van der Waals surface area contributed by atoms with Crippen molar-refractivity contribution in [3.8, 4) is 0 Å². The number of fused-ring (bicyclic) bond motifs is 2. The third kappa shape index (κ3) is 3.64. The van der Waals surface area contributed by atoms with Crippen molar-refractivity contribution in [2.75, 3.05) is 46.1 Å². The highest BCUT2D eigenvalue weighted by molar-refractivity contribution is 7.89. The second kappa shape index (κ2) is 6.80. The molecular weight excluding hydrogens is 332 g/mol. The van der Waals surface area contributed by atoms with Crippen molar-refractivity contribution in [1.29, 1.82) is 0 Å². The lowest BCUT2D eigenvalue weighted by Crippen LogP contribution is -2.46. The first kappa shape index (κ1) is 17.4. The molecule has 3 heterocycles. The van der Waals surface area contributed by atoms with Gasteiger partial charge in [-0.2, -0.15) is 0 Å². The number of hydrogen-bond donors (Lipinski definition) is 0. The summed E-state index contributed by atoms with van der Waals surface area (Å²) in [7, 11) is 0.118. The molecule has 0 aromatic carbocycles. The van der Waals surface area contributed by atoms with Crippen LogP contribution in [-0.2, 0) is 26.8 Å². The summed E-state index contributed by atoms with van der Waals surface area (Å²) in [6.45, 7) is 3.64. The van der Waals surface area contributed by atoms with Gasteiger partial charge in [0.1, 0.15) is 5.60 Å². The Bertz CT molecular complexity index is 632. The van der Waals surface area contributed by atoms with Crippen LogP contribution >= 0.6 is 11.3 Å². The Labute approximate surface area is 143 Å². The molecule has 23 heavy (non-hydrogen) atoms. The average molecular weight is 359 g/mol. The van der Waals surface area contributed by atoms with Crippen LogP contribution < -0.4 is 0 Å². The van der Waals surface area contributed by atoms with E-state index >= 15 is 0 Å². The maximum absolute atomic E-state index is 11.8. The molecule has 130 valence electrons. The molecular formula is C16H26N2O3S2. The van der Waals surface area contributed by atoms with Gasteiger partial charge in [-0.1, -0.05) is 0 Å². The Balaban J connectivity index is 1.52. The minimum absolute atomic E-state index is 0.0754. The SMILES string of the molecule is CN(C)S(=O)(=O)CCCN1CCC2(CC1)OCCc1ccsc12. The highest BCUT2D eigenvalue weighted by Crippen LogP contribution is 2.44. The first-order valence-corrected chi connectivity index (χ1v) is 10.8. The first-order valence-electron chi connectivity index (χ1n) is 8.26. The van der Waals surface area contributed by atoms with Gasteiger partial charge in [0.25, 0.3) is 0 Å². The standard InChI is InChI=1S/C16H26N2O3S2/c1-17(2)23(19,20)13-3-8-18-9-6-16(7-10-18)15-14(4-11-21-16)5-12-22-15/h5,12H,3-4,6-11,13H2,1-2H3. The van der Waals surface area contributed by atoms with Crippen LogP contribution in [0.1, 0.15) is 29.7 Å². The third-order valence-electron chi connectivity index (χ3n) is 5.01. The zero-order valence-electron chi connectivity index (χ0n) is 14.0. The van der Waals surface area contributed by atoms with E-state index in [-0.39, 0.29) is 11.4 Å². The highest BCUT2D eigenvalue weighted by atomic mass is 32.2. The molecule has 1 aromatic heterocycles. The van der Waals surface area contributed by atoms with E-state index < -0.39 is 10.0 Å². The van der Waals surface area contributed by atoms with Crippen LogP contribution in [0.3, 0.4) is 0 Å². The molecule has 1 spiro atoms. The summed E-state index contributed by atoms with van der Waals surface area (Å²) in [5.74, 6) is 0.229. The maximum Gasteiger partial charge on any atom is 0.213 e. The summed E-state index contributed by atoms with van der Waals surface area (Å²) in [4.78, 5) is 3.81. The van der Waals surface area contributed by atoms with E-state index in [9.17, 15) is 8.42 Å².